The number of anilines is 2. The molecule has 0 saturated carbocycles. The van der Waals surface area contributed by atoms with Gasteiger partial charge in [0.1, 0.15) is 0 Å². The fourth-order valence-corrected chi connectivity index (χ4v) is 10.9. The van der Waals surface area contributed by atoms with Gasteiger partial charge in [0.2, 0.25) is 0 Å². The van der Waals surface area contributed by atoms with E-state index in [-0.39, 0.29) is 11.5 Å². The number of rotatable bonds is 9. The third-order valence-electron chi connectivity index (χ3n) is 14.1. The first-order valence-corrected chi connectivity index (χ1v) is 23.4. The maximum absolute atomic E-state index is 2.61. The maximum atomic E-state index is 2.61. The van der Waals surface area contributed by atoms with Gasteiger partial charge in [0.15, 0.2) is 0 Å². The van der Waals surface area contributed by atoms with Crippen molar-refractivity contribution in [3.63, 3.8) is 0 Å². The second kappa shape index (κ2) is 16.2. The smallest absolute Gasteiger partial charge is 0.0712 e. The highest BCUT2D eigenvalue weighted by atomic mass is 15.2. The van der Waals surface area contributed by atoms with Crippen molar-refractivity contribution >= 4 is 33.2 Å². The Morgan fingerprint density at radius 1 is 0.439 bits per heavy atom. The lowest BCUT2D eigenvalue weighted by Crippen LogP contribution is -2.42. The molecule has 10 aromatic rings. The van der Waals surface area contributed by atoms with E-state index in [1.807, 2.05) is 0 Å². The zero-order chi connectivity index (χ0) is 44.2. The molecule has 2 heterocycles. The van der Waals surface area contributed by atoms with E-state index in [0.717, 1.165) is 18.5 Å². The quantitative estimate of drug-likeness (QED) is 0.140. The lowest BCUT2D eigenvalue weighted by atomic mass is 9.79. The minimum Gasteiger partial charge on any atom is -0.330 e. The van der Waals surface area contributed by atoms with Crippen molar-refractivity contribution < 1.29 is 0 Å². The van der Waals surface area contributed by atoms with Crippen LogP contribution >= 0.6 is 0 Å². The van der Waals surface area contributed by atoms with Crippen molar-refractivity contribution in [2.45, 2.75) is 38.1 Å². The van der Waals surface area contributed by atoms with Gasteiger partial charge in [0.05, 0.1) is 22.3 Å². The Balaban J connectivity index is 0.934. The van der Waals surface area contributed by atoms with Gasteiger partial charge in [-0.05, 0) is 123 Å². The topological polar surface area (TPSA) is 8.17 Å². The van der Waals surface area contributed by atoms with E-state index >= 15 is 0 Å². The van der Waals surface area contributed by atoms with E-state index < -0.39 is 0 Å². The molecule has 2 heteroatoms. The Morgan fingerprint density at radius 2 is 1.03 bits per heavy atom. The summed E-state index contributed by atoms with van der Waals surface area (Å²) in [4.78, 5) is 2.61. The van der Waals surface area contributed by atoms with Crippen molar-refractivity contribution in [1.82, 2.24) is 4.57 Å². The van der Waals surface area contributed by atoms with E-state index in [2.05, 4.69) is 260 Å². The van der Waals surface area contributed by atoms with E-state index in [0.29, 0.717) is 0 Å². The Labute approximate surface area is 388 Å². The molecule has 12 rings (SSSR count). The van der Waals surface area contributed by atoms with Crippen LogP contribution in [0.1, 0.15) is 37.3 Å². The summed E-state index contributed by atoms with van der Waals surface area (Å²) < 4.78 is 2.44. The van der Waals surface area contributed by atoms with E-state index in [1.54, 1.807) is 0 Å². The molecule has 1 aliphatic heterocycles. The van der Waals surface area contributed by atoms with Gasteiger partial charge in [0, 0.05) is 33.6 Å². The number of hydrogen-bond donors (Lipinski definition) is 0. The zero-order valence-corrected chi connectivity index (χ0v) is 37.4. The molecule has 66 heavy (non-hydrogen) atoms. The summed E-state index contributed by atoms with van der Waals surface area (Å²) >= 11 is 0. The first-order chi connectivity index (χ1) is 32.5. The van der Waals surface area contributed by atoms with Crippen LogP contribution < -0.4 is 4.90 Å². The van der Waals surface area contributed by atoms with Crippen LogP contribution in [0, 0.1) is 0 Å². The number of para-hydroxylation sites is 1. The lowest BCUT2D eigenvalue weighted by Gasteiger charge is -2.40. The number of aryl methyl sites for hydroxylation is 1. The van der Waals surface area contributed by atoms with Gasteiger partial charge in [-0.2, -0.15) is 0 Å². The molecule has 0 fully saturated rings. The zero-order valence-electron chi connectivity index (χ0n) is 37.4. The largest absolute Gasteiger partial charge is 0.330 e. The number of allylic oxidation sites excluding steroid dienone is 2. The maximum Gasteiger partial charge on any atom is 0.0712 e. The Hall–Kier alpha value is -7.94. The van der Waals surface area contributed by atoms with Crippen molar-refractivity contribution in [1.29, 1.82) is 0 Å². The molecule has 0 bridgehead atoms. The molecular formula is C64H50N2. The van der Waals surface area contributed by atoms with Crippen LogP contribution in [0.15, 0.2) is 237 Å². The SMILES string of the molecule is CCCc1cccc(-c2ccc(-c3cccc(-n4c5ccccc5c5cc(-c6ccc7c(c6)C6C=CC=CC6(C)N7c6cc(-c7ccccc7)ccc6-c6ccccc6)ccc54)c3)cc2)c1. The molecule has 0 amide bonds. The summed E-state index contributed by atoms with van der Waals surface area (Å²) in [6.45, 7) is 4.64. The number of fused-ring (bicyclic) bond motifs is 6. The van der Waals surface area contributed by atoms with Crippen LogP contribution in [0.2, 0.25) is 0 Å². The Kier molecular flexibility index (Phi) is 9.76. The van der Waals surface area contributed by atoms with Crippen molar-refractivity contribution in [3.05, 3.63) is 248 Å². The van der Waals surface area contributed by atoms with Gasteiger partial charge in [-0.15, -0.1) is 0 Å². The fourth-order valence-electron chi connectivity index (χ4n) is 10.9. The summed E-state index contributed by atoms with van der Waals surface area (Å²) in [5, 5.41) is 2.50. The molecular weight excluding hydrogens is 797 g/mol. The van der Waals surface area contributed by atoms with Crippen molar-refractivity contribution in [2.24, 2.45) is 0 Å². The predicted molar refractivity (Wildman–Crippen MR) is 280 cm³/mol. The van der Waals surface area contributed by atoms with Gasteiger partial charge in [-0.3, -0.25) is 0 Å². The number of hydrogen-bond acceptors (Lipinski definition) is 1. The molecule has 316 valence electrons. The van der Waals surface area contributed by atoms with Gasteiger partial charge < -0.3 is 9.47 Å². The van der Waals surface area contributed by atoms with Crippen LogP contribution in [0.5, 0.6) is 0 Å². The van der Waals surface area contributed by atoms with Crippen LogP contribution in [0.25, 0.3) is 83.1 Å². The highest BCUT2D eigenvalue weighted by Crippen LogP contribution is 2.56. The third-order valence-corrected chi connectivity index (χ3v) is 14.1. The molecule has 1 aromatic heterocycles. The highest BCUT2D eigenvalue weighted by Gasteiger charge is 2.47. The Morgan fingerprint density at radius 3 is 1.82 bits per heavy atom. The van der Waals surface area contributed by atoms with Crippen LogP contribution in [-0.4, -0.2) is 10.1 Å². The monoisotopic (exact) mass is 846 g/mol. The average Bonchev–Trinajstić information content (AvgIpc) is 3.85. The van der Waals surface area contributed by atoms with Crippen LogP contribution in [0.4, 0.5) is 11.4 Å². The molecule has 1 aliphatic carbocycles. The average molecular weight is 847 g/mol. The third kappa shape index (κ3) is 6.72. The molecule has 0 spiro atoms. The minimum atomic E-state index is -0.303. The van der Waals surface area contributed by atoms with Gasteiger partial charge in [0.25, 0.3) is 0 Å². The first-order valence-electron chi connectivity index (χ1n) is 23.4. The van der Waals surface area contributed by atoms with Gasteiger partial charge in [-0.25, -0.2) is 0 Å². The second-order valence-electron chi connectivity index (χ2n) is 18.2. The molecule has 2 aliphatic rings. The number of nitrogens with zero attached hydrogens (tertiary/aromatic N) is 2. The molecule has 0 radical (unpaired) electrons. The summed E-state index contributed by atoms with van der Waals surface area (Å²) in [6.07, 6.45) is 11.5. The highest BCUT2D eigenvalue weighted by molar-refractivity contribution is 6.10. The normalized spacial score (nSPS) is 16.2. The molecule has 0 saturated heterocycles. The molecule has 2 unspecified atom stereocenters. The van der Waals surface area contributed by atoms with Crippen molar-refractivity contribution in [2.75, 3.05) is 4.90 Å². The number of aromatic nitrogens is 1. The standard InChI is InChI=1S/C64H50N2/c1-3-16-44-17-14-22-49(39-44)46-28-30-47(31-29-46)50-23-15-24-54(40-50)65-60-27-11-10-25-56(60)57-41-51(33-36-61(57)65)52-34-37-62-58(42-52)59-26-12-13-38-64(59,2)66(62)63-43-53(45-18-6-4-7-19-45)32-35-55(63)48-20-8-5-9-21-48/h4-15,17-43,59H,3,16H2,1-2H3. The second-order valence-corrected chi connectivity index (χ2v) is 18.2. The molecule has 0 N–H and O–H groups in total. The molecule has 2 nitrogen and oxygen atoms in total. The summed E-state index contributed by atoms with van der Waals surface area (Å²) in [5.41, 5.74) is 20.7. The Bertz CT molecular complexity index is 3500. The van der Waals surface area contributed by atoms with E-state index in [9.17, 15) is 0 Å². The molecule has 9 aromatic carbocycles. The fraction of sp³-hybridized carbons (Fsp3) is 0.0938. The molecule has 2 atom stereocenters. The summed E-state index contributed by atoms with van der Waals surface area (Å²) in [6, 6.07) is 78.7. The van der Waals surface area contributed by atoms with Crippen molar-refractivity contribution in [3.8, 4) is 61.3 Å². The first kappa shape index (κ1) is 39.6. The van der Waals surface area contributed by atoms with E-state index in [1.165, 1.54) is 99.9 Å². The summed E-state index contributed by atoms with van der Waals surface area (Å²) in [7, 11) is 0. The van der Waals surface area contributed by atoms with Gasteiger partial charge in [-0.1, -0.05) is 201 Å². The predicted octanol–water partition coefficient (Wildman–Crippen LogP) is 17.2. The van der Waals surface area contributed by atoms with Crippen LogP contribution in [0.3, 0.4) is 0 Å². The van der Waals surface area contributed by atoms with Crippen LogP contribution in [-0.2, 0) is 6.42 Å². The lowest BCUT2D eigenvalue weighted by molar-refractivity contribution is 0.542. The minimum absolute atomic E-state index is 0.174. The van der Waals surface area contributed by atoms with Gasteiger partial charge >= 0.3 is 0 Å². The number of benzene rings is 9. The van der Waals surface area contributed by atoms with E-state index in [4.69, 9.17) is 0 Å². The summed E-state index contributed by atoms with van der Waals surface area (Å²) in [5.74, 6) is 0.174.